The fourth-order valence-corrected chi connectivity index (χ4v) is 2.66. The molecule has 2 amide bonds. The number of methoxy groups -OCH3 is 1. The standard InChI is InChI=1S/C16H12FN3O5/c1-6-9(17)3-7(16(24)25-2)4-10(6)20-11(21)5-8-12(13(20)18)15(23)19-14(8)22/h3-5H,18H2,1-2H3,(H,19,22,23). The fraction of sp³-hybridized carbons (Fsp3) is 0.125. The number of hydrogen-bond acceptors (Lipinski definition) is 6. The fourth-order valence-electron chi connectivity index (χ4n) is 2.66. The van der Waals surface area contributed by atoms with E-state index < -0.39 is 29.2 Å². The van der Waals surface area contributed by atoms with Crippen LogP contribution in [-0.2, 0) is 4.74 Å². The van der Waals surface area contributed by atoms with Gasteiger partial charge >= 0.3 is 5.97 Å². The van der Waals surface area contributed by atoms with E-state index in [1.165, 1.54) is 13.0 Å². The molecule has 2 heterocycles. The van der Waals surface area contributed by atoms with Gasteiger partial charge in [0.25, 0.3) is 17.4 Å². The van der Waals surface area contributed by atoms with Gasteiger partial charge in [-0.15, -0.1) is 0 Å². The van der Waals surface area contributed by atoms with Crippen LogP contribution in [0.25, 0.3) is 5.69 Å². The molecule has 0 spiro atoms. The number of nitrogens with zero attached hydrogens (tertiary/aromatic N) is 1. The quantitative estimate of drug-likeness (QED) is 0.605. The molecule has 3 rings (SSSR count). The highest BCUT2D eigenvalue weighted by atomic mass is 19.1. The average Bonchev–Trinajstić information content (AvgIpc) is 2.84. The molecule has 1 aromatic carbocycles. The second-order valence-electron chi connectivity index (χ2n) is 5.37. The number of imide groups is 1. The summed E-state index contributed by atoms with van der Waals surface area (Å²) in [6.07, 6.45) is 0. The van der Waals surface area contributed by atoms with Crippen molar-refractivity contribution in [1.29, 1.82) is 0 Å². The van der Waals surface area contributed by atoms with Crippen molar-refractivity contribution in [2.24, 2.45) is 0 Å². The van der Waals surface area contributed by atoms with Crippen molar-refractivity contribution in [3.05, 3.63) is 56.6 Å². The maximum atomic E-state index is 14.2. The predicted molar refractivity (Wildman–Crippen MR) is 84.3 cm³/mol. The van der Waals surface area contributed by atoms with Crippen molar-refractivity contribution >= 4 is 23.6 Å². The van der Waals surface area contributed by atoms with E-state index in [0.29, 0.717) is 0 Å². The Morgan fingerprint density at radius 2 is 1.88 bits per heavy atom. The number of carbonyl (C=O) groups excluding carboxylic acids is 3. The zero-order valence-corrected chi connectivity index (χ0v) is 13.2. The van der Waals surface area contributed by atoms with Crippen LogP contribution in [0.5, 0.6) is 0 Å². The number of benzene rings is 1. The molecule has 128 valence electrons. The number of fused-ring (bicyclic) bond motifs is 1. The second kappa shape index (κ2) is 5.55. The van der Waals surface area contributed by atoms with Crippen molar-refractivity contribution in [3.8, 4) is 5.69 Å². The number of halogens is 1. The Morgan fingerprint density at radius 3 is 2.52 bits per heavy atom. The van der Waals surface area contributed by atoms with Crippen molar-refractivity contribution in [2.45, 2.75) is 6.92 Å². The van der Waals surface area contributed by atoms with Gasteiger partial charge in [0.15, 0.2) is 0 Å². The largest absolute Gasteiger partial charge is 0.465 e. The summed E-state index contributed by atoms with van der Waals surface area (Å²) in [5.41, 5.74) is 4.72. The summed E-state index contributed by atoms with van der Waals surface area (Å²) in [5, 5.41) is 2.04. The normalized spacial score (nSPS) is 12.8. The first kappa shape index (κ1) is 16.4. The Morgan fingerprint density at radius 1 is 1.20 bits per heavy atom. The number of anilines is 1. The number of ether oxygens (including phenoxy) is 1. The number of nitrogen functional groups attached to an aromatic ring is 1. The van der Waals surface area contributed by atoms with Gasteiger partial charge in [0.05, 0.1) is 29.5 Å². The average molecular weight is 345 g/mol. The molecule has 1 aliphatic heterocycles. The van der Waals surface area contributed by atoms with Crippen molar-refractivity contribution < 1.29 is 23.5 Å². The number of carbonyl (C=O) groups is 3. The molecule has 2 aromatic rings. The van der Waals surface area contributed by atoms with Gasteiger partial charge in [0.1, 0.15) is 11.6 Å². The number of aromatic nitrogens is 1. The number of esters is 1. The van der Waals surface area contributed by atoms with Gasteiger partial charge in [-0.2, -0.15) is 0 Å². The Kier molecular flexibility index (Phi) is 3.63. The Hall–Kier alpha value is -3.49. The van der Waals surface area contributed by atoms with E-state index in [1.54, 1.807) is 0 Å². The van der Waals surface area contributed by atoms with Crippen LogP contribution in [0.4, 0.5) is 10.2 Å². The first-order valence-electron chi connectivity index (χ1n) is 7.06. The van der Waals surface area contributed by atoms with Crippen molar-refractivity contribution in [3.63, 3.8) is 0 Å². The molecule has 1 aromatic heterocycles. The summed E-state index contributed by atoms with van der Waals surface area (Å²) < 4.78 is 19.6. The summed E-state index contributed by atoms with van der Waals surface area (Å²) in [6.45, 7) is 1.38. The first-order valence-corrected chi connectivity index (χ1v) is 7.06. The Bertz CT molecular complexity index is 1030. The maximum Gasteiger partial charge on any atom is 0.338 e. The van der Waals surface area contributed by atoms with Gasteiger partial charge in [0, 0.05) is 11.6 Å². The molecule has 0 unspecified atom stereocenters. The lowest BCUT2D eigenvalue weighted by atomic mass is 10.1. The van der Waals surface area contributed by atoms with Crippen LogP contribution in [0.15, 0.2) is 23.0 Å². The van der Waals surface area contributed by atoms with Gasteiger partial charge in [-0.1, -0.05) is 0 Å². The summed E-state index contributed by atoms with van der Waals surface area (Å²) >= 11 is 0. The van der Waals surface area contributed by atoms with Gasteiger partial charge in [-0.05, 0) is 19.1 Å². The van der Waals surface area contributed by atoms with Crippen LogP contribution in [0.3, 0.4) is 0 Å². The minimum atomic E-state index is -0.805. The third-order valence-corrected chi connectivity index (χ3v) is 3.93. The molecule has 0 saturated carbocycles. The highest BCUT2D eigenvalue weighted by molar-refractivity contribution is 6.23. The molecule has 9 heteroatoms. The maximum absolute atomic E-state index is 14.2. The number of hydrogen-bond donors (Lipinski definition) is 2. The lowest BCUT2D eigenvalue weighted by molar-refractivity contribution is 0.0599. The second-order valence-corrected chi connectivity index (χ2v) is 5.37. The van der Waals surface area contributed by atoms with Crippen LogP contribution in [-0.4, -0.2) is 29.5 Å². The Labute approximate surface area is 140 Å². The molecular formula is C16H12FN3O5. The SMILES string of the molecule is COC(=O)c1cc(F)c(C)c(-n2c(N)c3c(cc2=O)C(=O)NC3=O)c1. The summed E-state index contributed by atoms with van der Waals surface area (Å²) in [4.78, 5) is 47.7. The van der Waals surface area contributed by atoms with E-state index in [9.17, 15) is 23.6 Å². The van der Waals surface area contributed by atoms with Gasteiger partial charge in [0.2, 0.25) is 0 Å². The van der Waals surface area contributed by atoms with Crippen molar-refractivity contribution in [2.75, 3.05) is 12.8 Å². The van der Waals surface area contributed by atoms with Crippen LogP contribution >= 0.6 is 0 Å². The molecular weight excluding hydrogens is 333 g/mol. The van der Waals surface area contributed by atoms with Crippen LogP contribution < -0.4 is 16.6 Å². The van der Waals surface area contributed by atoms with E-state index in [2.05, 4.69) is 4.74 Å². The topological polar surface area (TPSA) is 120 Å². The number of nitrogens with two attached hydrogens (primary N) is 1. The molecule has 8 nitrogen and oxygen atoms in total. The molecule has 0 radical (unpaired) electrons. The third kappa shape index (κ3) is 2.36. The lowest BCUT2D eigenvalue weighted by Crippen LogP contribution is -2.25. The number of pyridine rings is 1. The lowest BCUT2D eigenvalue weighted by Gasteiger charge is -2.15. The van der Waals surface area contributed by atoms with E-state index in [-0.39, 0.29) is 33.8 Å². The summed E-state index contributed by atoms with van der Waals surface area (Å²) in [7, 11) is 1.13. The molecule has 0 saturated heterocycles. The van der Waals surface area contributed by atoms with Gasteiger partial charge in [-0.25, -0.2) is 9.18 Å². The predicted octanol–water partition coefficient (Wildman–Crippen LogP) is 0.537. The smallest absolute Gasteiger partial charge is 0.338 e. The van der Waals surface area contributed by atoms with Crippen LogP contribution in [0.2, 0.25) is 0 Å². The van der Waals surface area contributed by atoms with Crippen molar-refractivity contribution in [1.82, 2.24) is 9.88 Å². The number of rotatable bonds is 2. The van der Waals surface area contributed by atoms with Gasteiger partial charge in [-0.3, -0.25) is 24.3 Å². The zero-order chi connectivity index (χ0) is 18.5. The molecule has 0 atom stereocenters. The highest BCUT2D eigenvalue weighted by Crippen LogP contribution is 2.26. The highest BCUT2D eigenvalue weighted by Gasteiger charge is 2.32. The zero-order valence-electron chi connectivity index (χ0n) is 13.2. The Balaban J connectivity index is 2.36. The van der Waals surface area contributed by atoms with Crippen LogP contribution in [0.1, 0.15) is 36.6 Å². The summed E-state index contributed by atoms with van der Waals surface area (Å²) in [6, 6.07) is 3.13. The molecule has 0 bridgehead atoms. The minimum absolute atomic E-state index is 0.0298. The summed E-state index contributed by atoms with van der Waals surface area (Å²) in [5.74, 6) is -3.38. The number of nitrogens with one attached hydrogen (secondary N) is 1. The third-order valence-electron chi connectivity index (χ3n) is 3.93. The minimum Gasteiger partial charge on any atom is -0.465 e. The van der Waals surface area contributed by atoms with E-state index >= 15 is 0 Å². The van der Waals surface area contributed by atoms with E-state index in [0.717, 1.165) is 23.8 Å². The molecule has 1 aliphatic rings. The molecule has 0 aliphatic carbocycles. The van der Waals surface area contributed by atoms with E-state index in [4.69, 9.17) is 5.73 Å². The molecule has 3 N–H and O–H groups in total. The molecule has 25 heavy (non-hydrogen) atoms. The monoisotopic (exact) mass is 345 g/mol. The van der Waals surface area contributed by atoms with E-state index in [1.807, 2.05) is 5.32 Å². The number of amides is 2. The first-order chi connectivity index (χ1) is 11.8. The van der Waals surface area contributed by atoms with Crippen LogP contribution in [0, 0.1) is 12.7 Å². The van der Waals surface area contributed by atoms with Gasteiger partial charge < -0.3 is 10.5 Å². The molecule has 0 fully saturated rings.